The number of ether oxygens (including phenoxy) is 1. The Kier molecular flexibility index (Phi) is 3.32. The van der Waals surface area contributed by atoms with Crippen molar-refractivity contribution in [3.8, 4) is 11.3 Å². The first-order valence-electron chi connectivity index (χ1n) is 7.32. The van der Waals surface area contributed by atoms with Gasteiger partial charge in [-0.15, -0.1) is 10.2 Å². The number of nitrogens with one attached hydrogen (secondary N) is 1. The molecule has 1 atom stereocenters. The average Bonchev–Trinajstić information content (AvgIpc) is 3.15. The first-order chi connectivity index (χ1) is 10.8. The van der Waals surface area contributed by atoms with Crippen LogP contribution in [0.25, 0.3) is 16.9 Å². The molecule has 0 amide bonds. The van der Waals surface area contributed by atoms with E-state index in [0.717, 1.165) is 42.4 Å². The van der Waals surface area contributed by atoms with Gasteiger partial charge in [0.05, 0.1) is 24.6 Å². The lowest BCUT2D eigenvalue weighted by molar-refractivity contribution is 0.0277. The zero-order chi connectivity index (χ0) is 14.9. The number of nitrogens with zero attached hydrogens (tertiary/aromatic N) is 6. The minimum absolute atomic E-state index is 0.116. The van der Waals surface area contributed by atoms with Gasteiger partial charge in [0.2, 0.25) is 0 Å². The molecule has 1 N–H and O–H groups in total. The second-order valence-corrected chi connectivity index (χ2v) is 5.41. The summed E-state index contributed by atoms with van der Waals surface area (Å²) in [5, 5.41) is 20.6. The fourth-order valence-electron chi connectivity index (χ4n) is 2.62. The lowest BCUT2D eigenvalue weighted by atomic mass is 10.2. The SMILES string of the molecule is Cn1cc(-c2ccc3nnc(CC4CNCCO4)n3n2)cn1. The number of rotatable bonds is 3. The molecule has 0 bridgehead atoms. The molecule has 22 heavy (non-hydrogen) atoms. The molecule has 0 aromatic carbocycles. The minimum atomic E-state index is 0.116. The summed E-state index contributed by atoms with van der Waals surface area (Å²) in [6.07, 6.45) is 4.54. The molecule has 0 saturated carbocycles. The molecular weight excluding hydrogens is 282 g/mol. The van der Waals surface area contributed by atoms with Crippen molar-refractivity contribution in [1.29, 1.82) is 0 Å². The highest BCUT2D eigenvalue weighted by Gasteiger charge is 2.18. The molecule has 1 unspecified atom stereocenters. The van der Waals surface area contributed by atoms with Gasteiger partial charge in [0.25, 0.3) is 0 Å². The first kappa shape index (κ1) is 13.4. The van der Waals surface area contributed by atoms with Crippen LogP contribution in [0.1, 0.15) is 5.82 Å². The van der Waals surface area contributed by atoms with E-state index in [1.54, 1.807) is 15.4 Å². The largest absolute Gasteiger partial charge is 0.375 e. The first-order valence-corrected chi connectivity index (χ1v) is 7.32. The van der Waals surface area contributed by atoms with Gasteiger partial charge in [0.1, 0.15) is 0 Å². The van der Waals surface area contributed by atoms with Crippen molar-refractivity contribution in [3.05, 3.63) is 30.4 Å². The van der Waals surface area contributed by atoms with Gasteiger partial charge in [-0.1, -0.05) is 0 Å². The van der Waals surface area contributed by atoms with E-state index < -0.39 is 0 Å². The summed E-state index contributed by atoms with van der Waals surface area (Å²) in [5.74, 6) is 0.814. The summed E-state index contributed by atoms with van der Waals surface area (Å²) in [7, 11) is 1.89. The maximum atomic E-state index is 5.73. The number of aryl methyl sites for hydroxylation is 1. The number of hydrogen-bond donors (Lipinski definition) is 1. The zero-order valence-corrected chi connectivity index (χ0v) is 12.3. The lowest BCUT2D eigenvalue weighted by Gasteiger charge is -2.22. The lowest BCUT2D eigenvalue weighted by Crippen LogP contribution is -2.40. The molecule has 1 fully saturated rings. The van der Waals surface area contributed by atoms with Crippen molar-refractivity contribution in [2.75, 3.05) is 19.7 Å². The molecule has 4 heterocycles. The van der Waals surface area contributed by atoms with Crippen LogP contribution in [-0.2, 0) is 18.2 Å². The summed E-state index contributed by atoms with van der Waals surface area (Å²) in [5.41, 5.74) is 2.57. The van der Waals surface area contributed by atoms with Crippen LogP contribution in [0.5, 0.6) is 0 Å². The molecule has 1 aliphatic heterocycles. The normalized spacial score (nSPS) is 18.9. The molecule has 4 rings (SSSR count). The highest BCUT2D eigenvalue weighted by atomic mass is 16.5. The Hall–Kier alpha value is -2.32. The van der Waals surface area contributed by atoms with Crippen molar-refractivity contribution in [2.45, 2.75) is 12.5 Å². The summed E-state index contributed by atoms with van der Waals surface area (Å²) in [6, 6.07) is 3.86. The Labute approximate surface area is 127 Å². The van der Waals surface area contributed by atoms with E-state index in [2.05, 4.69) is 25.7 Å². The van der Waals surface area contributed by atoms with E-state index in [-0.39, 0.29) is 6.10 Å². The van der Waals surface area contributed by atoms with Gasteiger partial charge in [-0.05, 0) is 12.1 Å². The molecule has 1 aliphatic rings. The molecule has 0 aliphatic carbocycles. The molecule has 0 spiro atoms. The van der Waals surface area contributed by atoms with Gasteiger partial charge >= 0.3 is 0 Å². The van der Waals surface area contributed by atoms with Gasteiger partial charge in [-0.3, -0.25) is 4.68 Å². The summed E-state index contributed by atoms with van der Waals surface area (Å²) in [6.45, 7) is 2.47. The van der Waals surface area contributed by atoms with Crippen molar-refractivity contribution in [2.24, 2.45) is 7.05 Å². The van der Waals surface area contributed by atoms with E-state index in [1.807, 2.05) is 25.4 Å². The van der Waals surface area contributed by atoms with E-state index in [4.69, 9.17) is 4.74 Å². The van der Waals surface area contributed by atoms with Crippen LogP contribution >= 0.6 is 0 Å². The third-order valence-electron chi connectivity index (χ3n) is 3.74. The van der Waals surface area contributed by atoms with Crippen LogP contribution in [0, 0.1) is 0 Å². The number of aromatic nitrogens is 6. The number of hydrogen-bond acceptors (Lipinski definition) is 6. The molecular formula is C14H17N7O. The van der Waals surface area contributed by atoms with Crippen LogP contribution in [0.4, 0.5) is 0 Å². The molecule has 3 aromatic rings. The van der Waals surface area contributed by atoms with E-state index in [0.29, 0.717) is 6.42 Å². The minimum Gasteiger partial charge on any atom is -0.375 e. The van der Waals surface area contributed by atoms with Crippen molar-refractivity contribution in [1.82, 2.24) is 34.9 Å². The summed E-state index contributed by atoms with van der Waals surface area (Å²) >= 11 is 0. The maximum Gasteiger partial charge on any atom is 0.177 e. The Morgan fingerprint density at radius 1 is 1.36 bits per heavy atom. The van der Waals surface area contributed by atoms with Crippen LogP contribution < -0.4 is 5.32 Å². The molecule has 1 saturated heterocycles. The Morgan fingerprint density at radius 2 is 2.32 bits per heavy atom. The molecule has 114 valence electrons. The standard InChI is InChI=1S/C14H17N7O/c1-20-9-10(7-16-20)12-2-3-13-17-18-14(21(13)19-12)6-11-8-15-4-5-22-11/h2-3,7,9,11,15H,4-6,8H2,1H3. The fraction of sp³-hybridized carbons (Fsp3) is 0.429. The van der Waals surface area contributed by atoms with Gasteiger partial charge in [0.15, 0.2) is 11.5 Å². The summed E-state index contributed by atoms with van der Waals surface area (Å²) in [4.78, 5) is 0. The van der Waals surface area contributed by atoms with Gasteiger partial charge < -0.3 is 10.1 Å². The average molecular weight is 299 g/mol. The van der Waals surface area contributed by atoms with Crippen molar-refractivity contribution >= 4 is 5.65 Å². The third kappa shape index (κ3) is 2.46. The molecule has 8 nitrogen and oxygen atoms in total. The Balaban J connectivity index is 1.67. The number of morpholine rings is 1. The molecule has 8 heteroatoms. The smallest absolute Gasteiger partial charge is 0.177 e. The second-order valence-electron chi connectivity index (χ2n) is 5.41. The molecule has 3 aromatic heterocycles. The number of fused-ring (bicyclic) bond motifs is 1. The molecule has 0 radical (unpaired) electrons. The second kappa shape index (κ2) is 5.47. The van der Waals surface area contributed by atoms with E-state index in [1.165, 1.54) is 0 Å². The fourth-order valence-corrected chi connectivity index (χ4v) is 2.62. The predicted molar refractivity (Wildman–Crippen MR) is 79.3 cm³/mol. The van der Waals surface area contributed by atoms with Crippen LogP contribution in [0.2, 0.25) is 0 Å². The van der Waals surface area contributed by atoms with E-state index >= 15 is 0 Å². The van der Waals surface area contributed by atoms with Crippen LogP contribution in [0.15, 0.2) is 24.5 Å². The van der Waals surface area contributed by atoms with Gasteiger partial charge in [-0.25, -0.2) is 0 Å². The Bertz CT molecular complexity index is 787. The summed E-state index contributed by atoms with van der Waals surface area (Å²) < 4.78 is 9.29. The van der Waals surface area contributed by atoms with Crippen LogP contribution in [-0.4, -0.2) is 55.4 Å². The van der Waals surface area contributed by atoms with Crippen LogP contribution in [0.3, 0.4) is 0 Å². The maximum absolute atomic E-state index is 5.73. The highest BCUT2D eigenvalue weighted by Crippen LogP contribution is 2.16. The highest BCUT2D eigenvalue weighted by molar-refractivity contribution is 5.58. The van der Waals surface area contributed by atoms with E-state index in [9.17, 15) is 0 Å². The predicted octanol–water partition coefficient (Wildman–Crippen LogP) is 0.0557. The monoisotopic (exact) mass is 299 g/mol. The third-order valence-corrected chi connectivity index (χ3v) is 3.74. The van der Waals surface area contributed by atoms with Gasteiger partial charge in [-0.2, -0.15) is 14.7 Å². The van der Waals surface area contributed by atoms with Crippen molar-refractivity contribution < 1.29 is 4.74 Å². The van der Waals surface area contributed by atoms with Gasteiger partial charge in [0, 0.05) is 38.3 Å². The zero-order valence-electron chi connectivity index (χ0n) is 12.3. The van der Waals surface area contributed by atoms with Crippen molar-refractivity contribution in [3.63, 3.8) is 0 Å². The topological polar surface area (TPSA) is 82.2 Å². The Morgan fingerprint density at radius 3 is 3.09 bits per heavy atom. The quantitative estimate of drug-likeness (QED) is 0.736.